The number of amides is 1. The molecule has 1 heterocycles. The van der Waals surface area contributed by atoms with Gasteiger partial charge in [-0.25, -0.2) is 8.42 Å². The van der Waals surface area contributed by atoms with Crippen LogP contribution in [0.1, 0.15) is 54.4 Å². The summed E-state index contributed by atoms with van der Waals surface area (Å²) in [6.45, 7) is 2.73. The maximum atomic E-state index is 13.3. The highest BCUT2D eigenvalue weighted by molar-refractivity contribution is 7.92. The number of carbonyl (C=O) groups excluding carboxylic acids is 1. The molecule has 0 bridgehead atoms. The number of anilines is 1. The monoisotopic (exact) mass is 426 g/mol. The molecule has 2 aromatic carbocycles. The van der Waals surface area contributed by atoms with Gasteiger partial charge in [-0.3, -0.25) is 9.10 Å². The van der Waals surface area contributed by atoms with Gasteiger partial charge >= 0.3 is 0 Å². The van der Waals surface area contributed by atoms with Crippen molar-refractivity contribution in [1.29, 1.82) is 0 Å². The van der Waals surface area contributed by atoms with Gasteiger partial charge in [0.15, 0.2) is 0 Å². The number of likely N-dealkylation sites (tertiary alicyclic amines) is 1. The number of piperidine rings is 1. The number of benzene rings is 2. The average molecular weight is 427 g/mol. The molecule has 0 radical (unpaired) electrons. The second-order valence-corrected chi connectivity index (χ2v) is 10.6. The molecule has 1 aliphatic heterocycles. The summed E-state index contributed by atoms with van der Waals surface area (Å²) in [7, 11) is -2.21. The van der Waals surface area contributed by atoms with Gasteiger partial charge in [0.05, 0.1) is 10.6 Å². The zero-order chi connectivity index (χ0) is 21.3. The lowest BCUT2D eigenvalue weighted by atomic mass is 9.78. The predicted octanol–water partition coefficient (Wildman–Crippen LogP) is 4.61. The van der Waals surface area contributed by atoms with Gasteiger partial charge in [-0.15, -0.1) is 0 Å². The molecule has 2 unspecified atom stereocenters. The lowest BCUT2D eigenvalue weighted by molar-refractivity contribution is 0.0390. The van der Waals surface area contributed by atoms with Crippen LogP contribution in [0.3, 0.4) is 0 Å². The molecule has 160 valence electrons. The van der Waals surface area contributed by atoms with Crippen LogP contribution in [-0.4, -0.2) is 38.9 Å². The Morgan fingerprint density at radius 2 is 1.70 bits per heavy atom. The minimum Gasteiger partial charge on any atom is -0.335 e. The average Bonchev–Trinajstić information content (AvgIpc) is 2.78. The minimum absolute atomic E-state index is 0.0401. The number of fused-ring (bicyclic) bond motifs is 1. The first-order valence-electron chi connectivity index (χ1n) is 10.8. The van der Waals surface area contributed by atoms with Crippen molar-refractivity contribution in [1.82, 2.24) is 4.90 Å². The number of aryl methyl sites for hydroxylation is 1. The molecule has 1 amide bonds. The second kappa shape index (κ2) is 8.42. The van der Waals surface area contributed by atoms with E-state index >= 15 is 0 Å². The van der Waals surface area contributed by atoms with Gasteiger partial charge in [-0.1, -0.05) is 36.6 Å². The third-order valence-corrected chi connectivity index (χ3v) is 8.42. The third kappa shape index (κ3) is 3.97. The summed E-state index contributed by atoms with van der Waals surface area (Å²) in [5.41, 5.74) is 2.12. The highest BCUT2D eigenvalue weighted by Gasteiger charge is 2.36. The fourth-order valence-corrected chi connectivity index (χ4v) is 6.13. The van der Waals surface area contributed by atoms with Crippen LogP contribution in [0, 0.1) is 12.8 Å². The van der Waals surface area contributed by atoms with Crippen LogP contribution in [-0.2, 0) is 10.0 Å². The molecule has 5 nitrogen and oxygen atoms in total. The number of sulfonamides is 1. The van der Waals surface area contributed by atoms with E-state index in [4.69, 9.17) is 0 Å². The molecular weight excluding hydrogens is 396 g/mol. The van der Waals surface area contributed by atoms with Gasteiger partial charge in [0.2, 0.25) is 0 Å². The Morgan fingerprint density at radius 1 is 1.00 bits per heavy atom. The summed E-state index contributed by atoms with van der Waals surface area (Å²) in [5.74, 6) is 0.553. The van der Waals surface area contributed by atoms with Crippen LogP contribution < -0.4 is 4.31 Å². The smallest absolute Gasteiger partial charge is 0.264 e. The lowest BCUT2D eigenvalue weighted by Gasteiger charge is -2.44. The fraction of sp³-hybridized carbons (Fsp3) is 0.458. The van der Waals surface area contributed by atoms with Crippen molar-refractivity contribution in [2.24, 2.45) is 5.92 Å². The molecule has 2 aromatic rings. The molecule has 2 atom stereocenters. The van der Waals surface area contributed by atoms with Gasteiger partial charge in [0, 0.05) is 25.2 Å². The van der Waals surface area contributed by atoms with Crippen molar-refractivity contribution in [2.75, 3.05) is 17.9 Å². The van der Waals surface area contributed by atoms with Crippen LogP contribution in [0.4, 0.5) is 5.69 Å². The maximum Gasteiger partial charge on any atom is 0.264 e. The molecule has 30 heavy (non-hydrogen) atoms. The summed E-state index contributed by atoms with van der Waals surface area (Å²) >= 11 is 0. The molecule has 0 N–H and O–H groups in total. The lowest BCUT2D eigenvalue weighted by Crippen LogP contribution is -2.49. The first-order chi connectivity index (χ1) is 14.4. The SMILES string of the molecule is Cc1ccc(N(C)S(=O)(=O)c2cccc(C(=O)N3CCCC4CCCCC43)c2)cc1. The van der Waals surface area contributed by atoms with Crippen LogP contribution in [0.25, 0.3) is 0 Å². The molecule has 0 spiro atoms. The van der Waals surface area contributed by atoms with Gasteiger partial charge < -0.3 is 4.90 Å². The number of carbonyl (C=O) groups is 1. The van der Waals surface area contributed by atoms with E-state index in [1.54, 1.807) is 37.4 Å². The molecule has 2 fully saturated rings. The number of rotatable bonds is 4. The molecule has 6 heteroatoms. The summed E-state index contributed by atoms with van der Waals surface area (Å²) in [4.78, 5) is 15.5. The molecule has 2 aliphatic rings. The quantitative estimate of drug-likeness (QED) is 0.717. The highest BCUT2D eigenvalue weighted by Crippen LogP contribution is 2.36. The minimum atomic E-state index is -3.75. The van der Waals surface area contributed by atoms with Crippen LogP contribution in [0.15, 0.2) is 53.4 Å². The Balaban J connectivity index is 1.60. The Morgan fingerprint density at radius 3 is 2.47 bits per heavy atom. The normalized spacial score (nSPS) is 21.7. The predicted molar refractivity (Wildman–Crippen MR) is 119 cm³/mol. The molecular formula is C24H30N2O3S. The van der Waals surface area contributed by atoms with Crippen LogP contribution in [0.2, 0.25) is 0 Å². The van der Waals surface area contributed by atoms with Crippen molar-refractivity contribution in [3.8, 4) is 0 Å². The van der Waals surface area contributed by atoms with Crippen molar-refractivity contribution in [2.45, 2.75) is 56.4 Å². The van der Waals surface area contributed by atoms with E-state index in [0.29, 0.717) is 23.2 Å². The van der Waals surface area contributed by atoms with Gasteiger partial charge in [-0.05, 0) is 68.9 Å². The number of nitrogens with zero attached hydrogens (tertiary/aromatic N) is 2. The summed E-state index contributed by atoms with van der Waals surface area (Å²) in [5, 5.41) is 0. The van der Waals surface area contributed by atoms with E-state index in [-0.39, 0.29) is 10.8 Å². The number of hydrogen-bond donors (Lipinski definition) is 0. The second-order valence-electron chi connectivity index (χ2n) is 8.59. The zero-order valence-corrected chi connectivity index (χ0v) is 18.6. The van der Waals surface area contributed by atoms with E-state index in [1.165, 1.54) is 36.1 Å². The first-order valence-corrected chi connectivity index (χ1v) is 12.3. The van der Waals surface area contributed by atoms with E-state index in [9.17, 15) is 13.2 Å². The summed E-state index contributed by atoms with van der Waals surface area (Å²) in [6, 6.07) is 14.2. The zero-order valence-electron chi connectivity index (χ0n) is 17.8. The Labute approximate surface area is 179 Å². The van der Waals surface area contributed by atoms with Crippen molar-refractivity contribution in [3.63, 3.8) is 0 Å². The summed E-state index contributed by atoms with van der Waals surface area (Å²) in [6.07, 6.45) is 6.91. The van der Waals surface area contributed by atoms with Gasteiger partial charge in [0.1, 0.15) is 0 Å². The van der Waals surface area contributed by atoms with Crippen LogP contribution >= 0.6 is 0 Å². The van der Waals surface area contributed by atoms with E-state index in [2.05, 4.69) is 0 Å². The van der Waals surface area contributed by atoms with Crippen LogP contribution in [0.5, 0.6) is 0 Å². The maximum absolute atomic E-state index is 13.3. The highest BCUT2D eigenvalue weighted by atomic mass is 32.2. The number of hydrogen-bond acceptors (Lipinski definition) is 3. The van der Waals surface area contributed by atoms with E-state index < -0.39 is 10.0 Å². The molecule has 0 aromatic heterocycles. The van der Waals surface area contributed by atoms with Gasteiger partial charge in [0.25, 0.3) is 15.9 Å². The Hall–Kier alpha value is -2.34. The molecule has 1 saturated carbocycles. The fourth-order valence-electron chi connectivity index (χ4n) is 4.88. The molecule has 1 saturated heterocycles. The largest absolute Gasteiger partial charge is 0.335 e. The van der Waals surface area contributed by atoms with E-state index in [0.717, 1.165) is 24.9 Å². The summed E-state index contributed by atoms with van der Waals surface area (Å²) < 4.78 is 27.7. The Bertz CT molecular complexity index is 1020. The standard InChI is InChI=1S/C24H30N2O3S/c1-18-12-14-21(15-13-18)25(2)30(28,29)22-10-5-8-20(17-22)24(27)26-16-6-9-19-7-3-4-11-23(19)26/h5,8,10,12-15,17,19,23H,3-4,6-7,9,11,16H2,1-2H3. The first kappa shape index (κ1) is 20.9. The molecule has 4 rings (SSSR count). The van der Waals surface area contributed by atoms with Gasteiger partial charge in [-0.2, -0.15) is 0 Å². The van der Waals surface area contributed by atoms with Crippen molar-refractivity contribution in [3.05, 3.63) is 59.7 Å². The third-order valence-electron chi connectivity index (χ3n) is 6.64. The van der Waals surface area contributed by atoms with E-state index in [1.807, 2.05) is 24.0 Å². The topological polar surface area (TPSA) is 57.7 Å². The van der Waals surface area contributed by atoms with Crippen molar-refractivity contribution < 1.29 is 13.2 Å². The van der Waals surface area contributed by atoms with Crippen molar-refractivity contribution >= 4 is 21.6 Å². The molecule has 1 aliphatic carbocycles. The Kier molecular flexibility index (Phi) is 5.87.